The zero-order valence-corrected chi connectivity index (χ0v) is 18.6. The molecule has 1 fully saturated rings. The molecular formula is C26H31N3O2. The van der Waals surface area contributed by atoms with Crippen molar-refractivity contribution >= 4 is 22.7 Å². The summed E-state index contributed by atoms with van der Waals surface area (Å²) in [5.41, 5.74) is 5.27. The maximum Gasteiger partial charge on any atom is 0.253 e. The van der Waals surface area contributed by atoms with E-state index in [2.05, 4.69) is 30.1 Å². The highest BCUT2D eigenvalue weighted by Crippen LogP contribution is 2.34. The van der Waals surface area contributed by atoms with Crippen LogP contribution in [-0.2, 0) is 13.0 Å². The quantitative estimate of drug-likeness (QED) is 0.720. The van der Waals surface area contributed by atoms with Crippen LogP contribution in [-0.4, -0.2) is 45.8 Å². The molecular weight excluding hydrogens is 386 g/mol. The molecule has 0 radical (unpaired) electrons. The number of nitrogens with zero attached hydrogens (tertiary/aromatic N) is 3. The van der Waals surface area contributed by atoms with Crippen molar-refractivity contribution < 1.29 is 9.59 Å². The number of fused-ring (bicyclic) bond motifs is 3. The van der Waals surface area contributed by atoms with Gasteiger partial charge in [-0.05, 0) is 55.5 Å². The van der Waals surface area contributed by atoms with Crippen LogP contribution in [0.3, 0.4) is 0 Å². The highest BCUT2D eigenvalue weighted by atomic mass is 16.2. The van der Waals surface area contributed by atoms with Crippen molar-refractivity contribution in [3.63, 3.8) is 0 Å². The van der Waals surface area contributed by atoms with Gasteiger partial charge < -0.3 is 9.80 Å². The Kier molecular flexibility index (Phi) is 5.20. The van der Waals surface area contributed by atoms with Gasteiger partial charge in [-0.15, -0.1) is 0 Å². The third kappa shape index (κ3) is 3.50. The first-order valence-corrected chi connectivity index (χ1v) is 11.7. The summed E-state index contributed by atoms with van der Waals surface area (Å²) in [6.45, 7) is 7.67. The molecule has 0 atom stereocenters. The topological polar surface area (TPSA) is 45.6 Å². The zero-order valence-electron chi connectivity index (χ0n) is 18.6. The van der Waals surface area contributed by atoms with Gasteiger partial charge >= 0.3 is 0 Å². The average Bonchev–Trinajstić information content (AvgIpc) is 3.06. The second kappa shape index (κ2) is 8.03. The van der Waals surface area contributed by atoms with E-state index < -0.39 is 0 Å². The van der Waals surface area contributed by atoms with E-state index in [0.29, 0.717) is 12.3 Å². The van der Waals surface area contributed by atoms with Crippen LogP contribution in [0, 0.1) is 5.92 Å². The summed E-state index contributed by atoms with van der Waals surface area (Å²) >= 11 is 0. The van der Waals surface area contributed by atoms with Crippen LogP contribution in [0.15, 0.2) is 42.1 Å². The zero-order chi connectivity index (χ0) is 21.5. The molecule has 0 saturated carbocycles. The molecule has 2 aliphatic heterocycles. The fraction of sp³-hybridized carbons (Fsp3) is 0.462. The Bertz CT molecular complexity index is 1100. The van der Waals surface area contributed by atoms with Gasteiger partial charge in [0.2, 0.25) is 5.91 Å². The fourth-order valence-corrected chi connectivity index (χ4v) is 5.11. The van der Waals surface area contributed by atoms with Gasteiger partial charge in [0.25, 0.3) is 5.91 Å². The number of aromatic nitrogens is 1. The van der Waals surface area contributed by atoms with Gasteiger partial charge in [0, 0.05) is 66.9 Å². The molecule has 0 N–H and O–H groups in total. The van der Waals surface area contributed by atoms with E-state index in [1.54, 1.807) is 0 Å². The summed E-state index contributed by atoms with van der Waals surface area (Å²) in [4.78, 5) is 30.6. The molecule has 0 unspecified atom stereocenters. The molecule has 5 nitrogen and oxygen atoms in total. The van der Waals surface area contributed by atoms with E-state index in [0.717, 1.165) is 74.0 Å². The van der Waals surface area contributed by atoms with Crippen molar-refractivity contribution in [2.75, 3.05) is 19.6 Å². The Morgan fingerprint density at radius 3 is 2.58 bits per heavy atom. The molecule has 5 heteroatoms. The molecule has 31 heavy (non-hydrogen) atoms. The fourth-order valence-electron chi connectivity index (χ4n) is 5.11. The van der Waals surface area contributed by atoms with Gasteiger partial charge in [0.1, 0.15) is 0 Å². The number of likely N-dealkylation sites (tertiary alicyclic amines) is 1. The molecule has 162 valence electrons. The number of amides is 1. The van der Waals surface area contributed by atoms with Crippen LogP contribution >= 0.6 is 0 Å². The lowest BCUT2D eigenvalue weighted by atomic mass is 9.98. The predicted octanol–water partition coefficient (Wildman–Crippen LogP) is 4.77. The Hall–Kier alpha value is -2.82. The SMILES string of the molecule is CCCC(=O)n1c2c(c3cc(C(=O)N4CCC(C)CC4)ccc31)CN(C1=CC=C1)CC2. The summed E-state index contributed by atoms with van der Waals surface area (Å²) in [6, 6.07) is 5.95. The first kappa shape index (κ1) is 20.1. The largest absolute Gasteiger partial charge is 0.367 e. The minimum atomic E-state index is 0.118. The summed E-state index contributed by atoms with van der Waals surface area (Å²) in [5.74, 6) is 0.972. The summed E-state index contributed by atoms with van der Waals surface area (Å²) < 4.78 is 1.94. The number of piperidine rings is 1. The summed E-state index contributed by atoms with van der Waals surface area (Å²) in [5, 5.41) is 1.06. The van der Waals surface area contributed by atoms with Crippen molar-refractivity contribution in [1.82, 2.24) is 14.4 Å². The van der Waals surface area contributed by atoms with Crippen molar-refractivity contribution in [3.8, 4) is 0 Å². The summed E-state index contributed by atoms with van der Waals surface area (Å²) in [6.07, 6.45) is 10.7. The molecule has 1 aromatic heterocycles. The van der Waals surface area contributed by atoms with E-state index >= 15 is 0 Å². The smallest absolute Gasteiger partial charge is 0.253 e. The molecule has 1 aromatic carbocycles. The van der Waals surface area contributed by atoms with E-state index in [1.807, 2.05) is 34.6 Å². The molecule has 2 aromatic rings. The second-order valence-corrected chi connectivity index (χ2v) is 9.23. The molecule has 3 aliphatic rings. The monoisotopic (exact) mass is 417 g/mol. The highest BCUT2D eigenvalue weighted by Gasteiger charge is 2.29. The second-order valence-electron chi connectivity index (χ2n) is 9.23. The summed E-state index contributed by atoms with van der Waals surface area (Å²) in [7, 11) is 0. The predicted molar refractivity (Wildman–Crippen MR) is 123 cm³/mol. The Morgan fingerprint density at radius 1 is 1.13 bits per heavy atom. The molecule has 5 rings (SSSR count). The van der Waals surface area contributed by atoms with Crippen molar-refractivity contribution in [1.29, 1.82) is 0 Å². The van der Waals surface area contributed by atoms with Crippen LogP contribution in [0.25, 0.3) is 10.9 Å². The van der Waals surface area contributed by atoms with E-state index in [1.165, 1.54) is 11.3 Å². The van der Waals surface area contributed by atoms with E-state index in [9.17, 15) is 9.59 Å². The van der Waals surface area contributed by atoms with Gasteiger partial charge in [-0.3, -0.25) is 14.2 Å². The molecule has 0 bridgehead atoms. The van der Waals surface area contributed by atoms with Crippen molar-refractivity contribution in [2.24, 2.45) is 5.92 Å². The van der Waals surface area contributed by atoms with E-state index in [4.69, 9.17) is 0 Å². The number of hydrogen-bond acceptors (Lipinski definition) is 3. The van der Waals surface area contributed by atoms with Gasteiger partial charge in [-0.25, -0.2) is 0 Å². The minimum Gasteiger partial charge on any atom is -0.367 e. The normalized spacial score (nSPS) is 18.7. The highest BCUT2D eigenvalue weighted by molar-refractivity contribution is 6.02. The van der Waals surface area contributed by atoms with Crippen LogP contribution in [0.4, 0.5) is 0 Å². The van der Waals surface area contributed by atoms with Crippen LogP contribution < -0.4 is 0 Å². The first-order chi connectivity index (χ1) is 15.1. The van der Waals surface area contributed by atoms with Crippen LogP contribution in [0.5, 0.6) is 0 Å². The average molecular weight is 418 g/mol. The lowest BCUT2D eigenvalue weighted by molar-refractivity contribution is 0.0697. The maximum atomic E-state index is 13.2. The van der Waals surface area contributed by atoms with Crippen LogP contribution in [0.1, 0.15) is 65.9 Å². The maximum absolute atomic E-state index is 13.2. The van der Waals surface area contributed by atoms with E-state index in [-0.39, 0.29) is 11.8 Å². The number of carbonyl (C=O) groups excluding carboxylic acids is 2. The molecule has 1 saturated heterocycles. The lowest BCUT2D eigenvalue weighted by Gasteiger charge is -2.32. The van der Waals surface area contributed by atoms with Gasteiger partial charge in [-0.2, -0.15) is 0 Å². The third-order valence-corrected chi connectivity index (χ3v) is 7.08. The van der Waals surface area contributed by atoms with Gasteiger partial charge in [0.15, 0.2) is 0 Å². The van der Waals surface area contributed by atoms with Crippen LogP contribution in [0.2, 0.25) is 0 Å². The van der Waals surface area contributed by atoms with Gasteiger partial charge in [0.05, 0.1) is 5.52 Å². The molecule has 1 amide bonds. The first-order valence-electron chi connectivity index (χ1n) is 11.7. The minimum absolute atomic E-state index is 0.118. The lowest BCUT2D eigenvalue weighted by Crippen LogP contribution is -2.37. The number of carbonyl (C=O) groups is 2. The molecule has 0 spiro atoms. The number of allylic oxidation sites excluding steroid dienone is 3. The standard InChI is InChI=1S/C26H31N3O2/c1-3-5-25(30)29-23-9-8-19(26(31)27-13-10-18(2)11-14-27)16-21(23)22-17-28(15-12-24(22)29)20-6-4-7-20/h4,6-9,16,18H,3,5,10-15,17H2,1-2H3. The number of benzene rings is 1. The Balaban J connectivity index is 1.55. The number of rotatable bonds is 4. The van der Waals surface area contributed by atoms with Crippen molar-refractivity contribution in [3.05, 3.63) is 58.9 Å². The van der Waals surface area contributed by atoms with Gasteiger partial charge in [-0.1, -0.05) is 19.9 Å². The third-order valence-electron chi connectivity index (χ3n) is 7.08. The van der Waals surface area contributed by atoms with Crippen molar-refractivity contribution in [2.45, 2.75) is 52.5 Å². The Labute approximate surface area is 184 Å². The Morgan fingerprint density at radius 2 is 1.90 bits per heavy atom. The number of hydrogen-bond donors (Lipinski definition) is 0. The molecule has 1 aliphatic carbocycles. The molecule has 3 heterocycles.